The summed E-state index contributed by atoms with van der Waals surface area (Å²) in [7, 11) is 0. The lowest BCUT2D eigenvalue weighted by Crippen LogP contribution is -2.48. The fourth-order valence-corrected chi connectivity index (χ4v) is 3.25. The van der Waals surface area contributed by atoms with Crippen molar-refractivity contribution in [2.24, 2.45) is 5.92 Å². The van der Waals surface area contributed by atoms with Crippen LogP contribution >= 0.6 is 0 Å². The van der Waals surface area contributed by atoms with Crippen molar-refractivity contribution in [3.8, 4) is 0 Å². The van der Waals surface area contributed by atoms with Gasteiger partial charge < -0.3 is 24.8 Å². The number of carboxylic acids is 1. The Bertz CT molecular complexity index is 693. The largest absolute Gasteiger partial charge is 0.481 e. The highest BCUT2D eigenvalue weighted by Crippen LogP contribution is 2.24. The predicted molar refractivity (Wildman–Crippen MR) is 106 cm³/mol. The van der Waals surface area contributed by atoms with Crippen molar-refractivity contribution in [3.63, 3.8) is 0 Å². The Balaban J connectivity index is 1.87. The van der Waals surface area contributed by atoms with Crippen LogP contribution < -0.4 is 5.32 Å². The highest BCUT2D eigenvalue weighted by molar-refractivity contribution is 5.71. The summed E-state index contributed by atoms with van der Waals surface area (Å²) in [6.45, 7) is 6.46. The highest BCUT2D eigenvalue weighted by atomic mass is 16.6. The zero-order chi connectivity index (χ0) is 21.4. The van der Waals surface area contributed by atoms with E-state index in [4.69, 9.17) is 9.47 Å². The Morgan fingerprint density at radius 2 is 1.79 bits per heavy atom. The normalized spacial score (nSPS) is 16.0. The molecule has 1 aliphatic heterocycles. The predicted octanol–water partition coefficient (Wildman–Crippen LogP) is 3.40. The van der Waals surface area contributed by atoms with Crippen molar-refractivity contribution in [2.75, 3.05) is 13.1 Å². The van der Waals surface area contributed by atoms with Gasteiger partial charge >= 0.3 is 18.2 Å². The Morgan fingerprint density at radius 1 is 1.17 bits per heavy atom. The molecule has 160 valence electrons. The van der Waals surface area contributed by atoms with Gasteiger partial charge in [-0.2, -0.15) is 0 Å². The summed E-state index contributed by atoms with van der Waals surface area (Å²) >= 11 is 0. The number of benzene rings is 1. The number of ether oxygens (including phenoxy) is 2. The summed E-state index contributed by atoms with van der Waals surface area (Å²) in [5.41, 5.74) is 0.284. The Hall–Kier alpha value is -2.77. The summed E-state index contributed by atoms with van der Waals surface area (Å²) in [6.07, 6.45) is -0.0558. The lowest BCUT2D eigenvalue weighted by molar-refractivity contribution is -0.138. The lowest BCUT2D eigenvalue weighted by Gasteiger charge is -2.36. The third-order valence-electron chi connectivity index (χ3n) is 4.67. The maximum Gasteiger partial charge on any atom is 0.410 e. The summed E-state index contributed by atoms with van der Waals surface area (Å²) < 4.78 is 10.6. The van der Waals surface area contributed by atoms with Crippen LogP contribution in [0.4, 0.5) is 9.59 Å². The molecule has 0 bridgehead atoms. The van der Waals surface area contributed by atoms with Crippen molar-refractivity contribution < 1.29 is 29.0 Å². The van der Waals surface area contributed by atoms with Gasteiger partial charge in [-0.15, -0.1) is 0 Å². The van der Waals surface area contributed by atoms with E-state index in [9.17, 15) is 19.5 Å². The molecule has 1 aliphatic rings. The van der Waals surface area contributed by atoms with Crippen LogP contribution in [0.3, 0.4) is 0 Å². The van der Waals surface area contributed by atoms with E-state index < -0.39 is 23.7 Å². The molecule has 8 heteroatoms. The number of hydrogen-bond donors (Lipinski definition) is 2. The molecule has 8 nitrogen and oxygen atoms in total. The molecule has 1 aromatic carbocycles. The first-order chi connectivity index (χ1) is 13.6. The number of likely N-dealkylation sites (tertiary alicyclic amines) is 1. The second-order valence-electron chi connectivity index (χ2n) is 8.22. The molecule has 1 heterocycles. The van der Waals surface area contributed by atoms with E-state index in [0.29, 0.717) is 25.9 Å². The molecular formula is C21H30N2O6. The van der Waals surface area contributed by atoms with Crippen molar-refractivity contribution in [1.29, 1.82) is 0 Å². The van der Waals surface area contributed by atoms with E-state index in [-0.39, 0.29) is 25.0 Å². The molecule has 1 fully saturated rings. The summed E-state index contributed by atoms with van der Waals surface area (Å²) in [5, 5.41) is 11.9. The van der Waals surface area contributed by atoms with Crippen LogP contribution in [0.1, 0.15) is 45.6 Å². The zero-order valence-electron chi connectivity index (χ0n) is 17.2. The van der Waals surface area contributed by atoms with Gasteiger partial charge in [0.1, 0.15) is 12.2 Å². The standard InChI is InChI=1S/C21H30N2O6/c1-21(2,3)29-20(27)23-11-9-16(10-12-23)17(13-18(24)25)22-19(26)28-14-15-7-5-4-6-8-15/h4-8,16-17H,9-14H2,1-3H3,(H,22,26)(H,24,25)/t17-/m1/s1. The number of carboxylic acid groups (broad SMARTS) is 1. The molecule has 0 saturated carbocycles. The van der Waals surface area contributed by atoms with E-state index >= 15 is 0 Å². The van der Waals surface area contributed by atoms with Gasteiger partial charge in [0.25, 0.3) is 0 Å². The molecule has 1 atom stereocenters. The summed E-state index contributed by atoms with van der Waals surface area (Å²) in [5.74, 6) is -1.05. The smallest absolute Gasteiger partial charge is 0.410 e. The molecular weight excluding hydrogens is 376 g/mol. The molecule has 2 N–H and O–H groups in total. The maximum atomic E-state index is 12.2. The highest BCUT2D eigenvalue weighted by Gasteiger charge is 2.32. The minimum absolute atomic E-state index is 0.0611. The van der Waals surface area contributed by atoms with Crippen molar-refractivity contribution >= 4 is 18.2 Å². The lowest BCUT2D eigenvalue weighted by atomic mass is 9.87. The fourth-order valence-electron chi connectivity index (χ4n) is 3.25. The van der Waals surface area contributed by atoms with Crippen LogP contribution in [0.5, 0.6) is 0 Å². The molecule has 1 saturated heterocycles. The van der Waals surface area contributed by atoms with Crippen LogP contribution in [-0.4, -0.2) is 52.9 Å². The number of alkyl carbamates (subject to hydrolysis) is 1. The number of nitrogens with zero attached hydrogens (tertiary/aromatic N) is 1. The first-order valence-corrected chi connectivity index (χ1v) is 9.81. The number of aliphatic carboxylic acids is 1. The van der Waals surface area contributed by atoms with Crippen molar-refractivity contribution in [1.82, 2.24) is 10.2 Å². The van der Waals surface area contributed by atoms with E-state index in [1.165, 1.54) is 0 Å². The van der Waals surface area contributed by atoms with Gasteiger partial charge in [-0.25, -0.2) is 9.59 Å². The third-order valence-corrected chi connectivity index (χ3v) is 4.67. The molecule has 0 aromatic heterocycles. The topological polar surface area (TPSA) is 105 Å². The second-order valence-corrected chi connectivity index (χ2v) is 8.22. The first-order valence-electron chi connectivity index (χ1n) is 9.81. The second kappa shape index (κ2) is 10.1. The van der Waals surface area contributed by atoms with Gasteiger partial charge in [-0.05, 0) is 45.1 Å². The van der Waals surface area contributed by atoms with E-state index in [2.05, 4.69) is 5.32 Å². The number of rotatable bonds is 6. The number of piperidine rings is 1. The average Bonchev–Trinajstić information content (AvgIpc) is 2.65. The van der Waals surface area contributed by atoms with Gasteiger partial charge in [-0.1, -0.05) is 30.3 Å². The minimum Gasteiger partial charge on any atom is -0.481 e. The van der Waals surface area contributed by atoms with Crippen LogP contribution in [0.15, 0.2) is 30.3 Å². The first kappa shape index (κ1) is 22.5. The van der Waals surface area contributed by atoms with Gasteiger partial charge in [0.05, 0.1) is 6.42 Å². The molecule has 1 aromatic rings. The van der Waals surface area contributed by atoms with Crippen molar-refractivity contribution in [3.05, 3.63) is 35.9 Å². The van der Waals surface area contributed by atoms with E-state index in [1.807, 2.05) is 51.1 Å². The quantitative estimate of drug-likeness (QED) is 0.750. The summed E-state index contributed by atoms with van der Waals surface area (Å²) in [4.78, 5) is 37.2. The van der Waals surface area contributed by atoms with E-state index in [1.54, 1.807) is 4.90 Å². The molecule has 0 radical (unpaired) electrons. The van der Waals surface area contributed by atoms with Gasteiger partial charge in [-0.3, -0.25) is 4.79 Å². The average molecular weight is 406 g/mol. The van der Waals surface area contributed by atoms with E-state index in [0.717, 1.165) is 5.56 Å². The zero-order valence-corrected chi connectivity index (χ0v) is 17.2. The Labute approximate surface area is 171 Å². The van der Waals surface area contributed by atoms with Gasteiger partial charge in [0.2, 0.25) is 0 Å². The molecule has 2 amide bonds. The third kappa shape index (κ3) is 8.01. The number of carbonyl (C=O) groups excluding carboxylic acids is 2. The van der Waals surface area contributed by atoms with Crippen molar-refractivity contribution in [2.45, 2.75) is 58.3 Å². The monoisotopic (exact) mass is 406 g/mol. The Kier molecular flexibility index (Phi) is 7.87. The Morgan fingerprint density at radius 3 is 2.34 bits per heavy atom. The number of carbonyl (C=O) groups is 3. The SMILES string of the molecule is CC(C)(C)OC(=O)N1CCC([C@@H](CC(=O)O)NC(=O)OCc2ccccc2)CC1. The molecule has 2 rings (SSSR count). The van der Waals surface area contributed by atoms with Crippen LogP contribution in [0.25, 0.3) is 0 Å². The molecule has 0 spiro atoms. The molecule has 29 heavy (non-hydrogen) atoms. The fraction of sp³-hybridized carbons (Fsp3) is 0.571. The van der Waals surface area contributed by atoms with Crippen LogP contribution in [-0.2, 0) is 20.9 Å². The maximum absolute atomic E-state index is 12.2. The number of amides is 2. The number of nitrogens with one attached hydrogen (secondary N) is 1. The van der Waals surface area contributed by atoms with Crippen LogP contribution in [0, 0.1) is 5.92 Å². The summed E-state index contributed by atoms with van der Waals surface area (Å²) in [6, 6.07) is 8.69. The number of hydrogen-bond acceptors (Lipinski definition) is 5. The molecule has 0 aliphatic carbocycles. The van der Waals surface area contributed by atoms with Gasteiger partial charge in [0, 0.05) is 19.1 Å². The van der Waals surface area contributed by atoms with Crippen LogP contribution in [0.2, 0.25) is 0 Å². The van der Waals surface area contributed by atoms with Gasteiger partial charge in [0.15, 0.2) is 0 Å². The minimum atomic E-state index is -0.993. The molecule has 0 unspecified atom stereocenters.